The molecule has 0 aliphatic heterocycles. The minimum Gasteiger partial charge on any atom is -0.504 e. The SMILES string of the molecule is COc1cc(C(=O)O[C@@H]2CC(C)=CCCC(C)=C[C@H](O)C2C(C)C)ccc1O. The van der Waals surface area contributed by atoms with E-state index in [1.807, 2.05) is 33.8 Å². The van der Waals surface area contributed by atoms with Crippen LogP contribution in [0.2, 0.25) is 0 Å². The van der Waals surface area contributed by atoms with Gasteiger partial charge in [0.15, 0.2) is 11.5 Å². The number of rotatable bonds is 4. The molecule has 0 bridgehead atoms. The number of methoxy groups -OCH3 is 1. The number of ether oxygens (including phenoxy) is 2. The molecule has 1 aromatic rings. The summed E-state index contributed by atoms with van der Waals surface area (Å²) in [5, 5.41) is 20.6. The molecule has 2 N–H and O–H groups in total. The Morgan fingerprint density at radius 3 is 2.57 bits per heavy atom. The summed E-state index contributed by atoms with van der Waals surface area (Å²) in [6.45, 7) is 8.13. The number of allylic oxidation sites excluding steroid dienone is 2. The number of phenols is 1. The molecule has 0 amide bonds. The van der Waals surface area contributed by atoms with E-state index >= 15 is 0 Å². The van der Waals surface area contributed by atoms with Gasteiger partial charge in [-0.2, -0.15) is 0 Å². The average molecular weight is 389 g/mol. The molecule has 1 aliphatic rings. The van der Waals surface area contributed by atoms with Crippen LogP contribution in [0, 0.1) is 11.8 Å². The highest BCUT2D eigenvalue weighted by Gasteiger charge is 2.33. The van der Waals surface area contributed by atoms with E-state index < -0.39 is 18.2 Å². The monoisotopic (exact) mass is 388 g/mol. The molecule has 1 unspecified atom stereocenters. The topological polar surface area (TPSA) is 76.0 Å². The Balaban J connectivity index is 2.33. The Labute approximate surface area is 167 Å². The molecule has 0 heterocycles. The van der Waals surface area contributed by atoms with Gasteiger partial charge in [-0.3, -0.25) is 0 Å². The standard InChI is InChI=1S/C23H32O5/c1-14(2)22-19(25)11-15(3)7-6-8-16(4)12-21(22)28-23(26)17-9-10-18(24)20(13-17)27-5/h8-11,13-14,19,21-22,24-25H,6-7,12H2,1-5H3/t19-,21+,22?/m0/s1. The zero-order valence-corrected chi connectivity index (χ0v) is 17.4. The zero-order valence-electron chi connectivity index (χ0n) is 17.4. The van der Waals surface area contributed by atoms with Crippen LogP contribution < -0.4 is 4.74 Å². The molecule has 28 heavy (non-hydrogen) atoms. The van der Waals surface area contributed by atoms with Crippen LogP contribution in [-0.4, -0.2) is 35.5 Å². The molecule has 0 spiro atoms. The van der Waals surface area contributed by atoms with Crippen molar-refractivity contribution in [2.24, 2.45) is 11.8 Å². The predicted molar refractivity (Wildman–Crippen MR) is 110 cm³/mol. The van der Waals surface area contributed by atoms with Gasteiger partial charge in [0, 0.05) is 12.3 Å². The van der Waals surface area contributed by atoms with Gasteiger partial charge in [0.25, 0.3) is 0 Å². The first kappa shape index (κ1) is 22.0. The molecule has 1 aliphatic carbocycles. The first-order valence-corrected chi connectivity index (χ1v) is 9.82. The third-order valence-corrected chi connectivity index (χ3v) is 5.28. The molecular weight excluding hydrogens is 356 g/mol. The number of aromatic hydroxyl groups is 1. The van der Waals surface area contributed by atoms with E-state index in [0.29, 0.717) is 12.0 Å². The minimum absolute atomic E-state index is 0.0346. The van der Waals surface area contributed by atoms with Gasteiger partial charge >= 0.3 is 5.97 Å². The molecular formula is C23H32O5. The van der Waals surface area contributed by atoms with Crippen molar-refractivity contribution in [3.05, 3.63) is 47.1 Å². The normalized spacial score (nSPS) is 23.6. The fraction of sp³-hybridized carbons (Fsp3) is 0.522. The van der Waals surface area contributed by atoms with E-state index in [1.165, 1.54) is 25.3 Å². The Hall–Kier alpha value is -2.27. The molecule has 1 aromatic carbocycles. The van der Waals surface area contributed by atoms with Crippen LogP contribution in [0.1, 0.15) is 57.3 Å². The van der Waals surface area contributed by atoms with Crippen molar-refractivity contribution >= 4 is 5.97 Å². The third-order valence-electron chi connectivity index (χ3n) is 5.28. The zero-order chi connectivity index (χ0) is 20.8. The van der Waals surface area contributed by atoms with Gasteiger partial charge in [-0.05, 0) is 50.8 Å². The summed E-state index contributed by atoms with van der Waals surface area (Å²) >= 11 is 0. The number of benzene rings is 1. The smallest absolute Gasteiger partial charge is 0.338 e. The summed E-state index contributed by atoms with van der Waals surface area (Å²) in [5.74, 6) is -0.410. The van der Waals surface area contributed by atoms with Crippen LogP contribution in [0.25, 0.3) is 0 Å². The van der Waals surface area contributed by atoms with E-state index in [9.17, 15) is 15.0 Å². The molecule has 0 saturated carbocycles. The summed E-state index contributed by atoms with van der Waals surface area (Å²) < 4.78 is 11.0. The van der Waals surface area contributed by atoms with E-state index in [0.717, 1.165) is 24.0 Å². The lowest BCUT2D eigenvalue weighted by atomic mass is 9.81. The summed E-state index contributed by atoms with van der Waals surface area (Å²) in [6.07, 6.45) is 5.33. The molecule has 5 nitrogen and oxygen atoms in total. The number of carbonyl (C=O) groups is 1. The van der Waals surface area contributed by atoms with E-state index in [-0.39, 0.29) is 23.3 Å². The maximum absolute atomic E-state index is 12.8. The summed E-state index contributed by atoms with van der Waals surface area (Å²) in [5.41, 5.74) is 2.59. The Morgan fingerprint density at radius 1 is 1.21 bits per heavy atom. The Morgan fingerprint density at radius 2 is 1.93 bits per heavy atom. The van der Waals surface area contributed by atoms with Gasteiger partial charge in [0.2, 0.25) is 0 Å². The molecule has 3 atom stereocenters. The molecule has 0 fully saturated rings. The number of esters is 1. The molecule has 0 radical (unpaired) electrons. The molecule has 5 heteroatoms. The van der Waals surface area contributed by atoms with Gasteiger partial charge in [-0.15, -0.1) is 0 Å². The van der Waals surface area contributed by atoms with Gasteiger partial charge in [-0.25, -0.2) is 4.79 Å². The number of phenolic OH excluding ortho intramolecular Hbond substituents is 1. The molecule has 2 rings (SSSR count). The van der Waals surface area contributed by atoms with Crippen LogP contribution in [0.5, 0.6) is 11.5 Å². The van der Waals surface area contributed by atoms with Crippen molar-refractivity contribution in [2.45, 2.75) is 59.2 Å². The van der Waals surface area contributed by atoms with Crippen molar-refractivity contribution in [1.82, 2.24) is 0 Å². The summed E-state index contributed by atoms with van der Waals surface area (Å²) in [7, 11) is 1.43. The largest absolute Gasteiger partial charge is 0.504 e. The quantitative estimate of drug-likeness (QED) is 0.581. The molecule has 154 valence electrons. The number of hydrogen-bond donors (Lipinski definition) is 2. The average Bonchev–Trinajstić information content (AvgIpc) is 2.61. The first-order valence-electron chi connectivity index (χ1n) is 9.82. The first-order chi connectivity index (χ1) is 13.2. The molecule has 0 saturated heterocycles. The highest BCUT2D eigenvalue weighted by atomic mass is 16.5. The van der Waals surface area contributed by atoms with Crippen molar-refractivity contribution in [2.75, 3.05) is 7.11 Å². The number of aliphatic hydroxyl groups excluding tert-OH is 1. The summed E-state index contributed by atoms with van der Waals surface area (Å²) in [4.78, 5) is 12.8. The maximum atomic E-state index is 12.8. The van der Waals surface area contributed by atoms with Gasteiger partial charge in [0.1, 0.15) is 6.10 Å². The van der Waals surface area contributed by atoms with E-state index in [4.69, 9.17) is 9.47 Å². The highest BCUT2D eigenvalue weighted by molar-refractivity contribution is 5.90. The van der Waals surface area contributed by atoms with Crippen molar-refractivity contribution < 1.29 is 24.5 Å². The second-order valence-corrected chi connectivity index (χ2v) is 7.95. The van der Waals surface area contributed by atoms with Gasteiger partial charge < -0.3 is 19.7 Å². The second kappa shape index (κ2) is 9.78. The number of aliphatic hydroxyl groups is 1. The van der Waals surface area contributed by atoms with Gasteiger partial charge in [0.05, 0.1) is 18.8 Å². The van der Waals surface area contributed by atoms with Crippen LogP contribution in [0.15, 0.2) is 41.5 Å². The minimum atomic E-state index is -0.682. The van der Waals surface area contributed by atoms with Crippen LogP contribution in [0.3, 0.4) is 0 Å². The van der Waals surface area contributed by atoms with Crippen LogP contribution >= 0.6 is 0 Å². The predicted octanol–water partition coefficient (Wildman–Crippen LogP) is 4.64. The van der Waals surface area contributed by atoms with Crippen molar-refractivity contribution in [3.63, 3.8) is 0 Å². The number of carbonyl (C=O) groups excluding carboxylic acids is 1. The van der Waals surface area contributed by atoms with Crippen molar-refractivity contribution in [3.8, 4) is 11.5 Å². The lowest BCUT2D eigenvalue weighted by Gasteiger charge is -2.33. The lowest BCUT2D eigenvalue weighted by molar-refractivity contribution is -0.0217. The van der Waals surface area contributed by atoms with E-state index in [2.05, 4.69) is 6.08 Å². The lowest BCUT2D eigenvalue weighted by Crippen LogP contribution is -2.38. The fourth-order valence-electron chi connectivity index (χ4n) is 3.74. The third kappa shape index (κ3) is 5.61. The second-order valence-electron chi connectivity index (χ2n) is 7.95. The highest BCUT2D eigenvalue weighted by Crippen LogP contribution is 2.31. The van der Waals surface area contributed by atoms with Crippen molar-refractivity contribution in [1.29, 1.82) is 0 Å². The fourth-order valence-corrected chi connectivity index (χ4v) is 3.74. The summed E-state index contributed by atoms with van der Waals surface area (Å²) in [6, 6.07) is 4.38. The van der Waals surface area contributed by atoms with Crippen LogP contribution in [0.4, 0.5) is 0 Å². The number of hydrogen-bond acceptors (Lipinski definition) is 5. The van der Waals surface area contributed by atoms with Crippen LogP contribution in [-0.2, 0) is 4.74 Å². The van der Waals surface area contributed by atoms with Gasteiger partial charge in [-0.1, -0.05) is 37.1 Å². The van der Waals surface area contributed by atoms with E-state index in [1.54, 1.807) is 0 Å². The maximum Gasteiger partial charge on any atom is 0.338 e. The Kier molecular flexibility index (Phi) is 7.69. The Bertz CT molecular complexity index is 747. The molecule has 0 aromatic heterocycles.